The van der Waals surface area contributed by atoms with Gasteiger partial charge in [-0.3, -0.25) is 4.90 Å². The lowest BCUT2D eigenvalue weighted by Crippen LogP contribution is -2.57. The molecule has 1 fully saturated rings. The Labute approximate surface area is 114 Å². The second kappa shape index (κ2) is 5.29. The first-order chi connectivity index (χ1) is 9.28. The smallest absolute Gasteiger partial charge is 0.107 e. The van der Waals surface area contributed by atoms with Gasteiger partial charge in [-0.05, 0) is 17.7 Å². The highest BCUT2D eigenvalue weighted by Crippen LogP contribution is 2.27. The van der Waals surface area contributed by atoms with Crippen LogP contribution in [0.4, 0.5) is 0 Å². The van der Waals surface area contributed by atoms with Crippen molar-refractivity contribution in [3.8, 4) is 0 Å². The molecule has 0 radical (unpaired) electrons. The van der Waals surface area contributed by atoms with Gasteiger partial charge in [-0.25, -0.2) is 0 Å². The average Bonchev–Trinajstić information content (AvgIpc) is 2.50. The fourth-order valence-corrected chi connectivity index (χ4v) is 2.69. The Balaban J connectivity index is 1.74. The van der Waals surface area contributed by atoms with Crippen LogP contribution >= 0.6 is 0 Å². The molecule has 1 aliphatic heterocycles. The van der Waals surface area contributed by atoms with Crippen molar-refractivity contribution < 1.29 is 4.74 Å². The molecule has 0 unspecified atom stereocenters. The third-order valence-corrected chi connectivity index (χ3v) is 3.88. The van der Waals surface area contributed by atoms with Crippen molar-refractivity contribution in [2.75, 3.05) is 26.3 Å². The van der Waals surface area contributed by atoms with Gasteiger partial charge in [0, 0.05) is 19.0 Å². The zero-order valence-electron chi connectivity index (χ0n) is 11.0. The summed E-state index contributed by atoms with van der Waals surface area (Å²) in [7, 11) is 0. The predicted molar refractivity (Wildman–Crippen MR) is 76.8 cm³/mol. The van der Waals surface area contributed by atoms with E-state index in [0.717, 1.165) is 26.3 Å². The summed E-state index contributed by atoms with van der Waals surface area (Å²) in [5.41, 5.74) is 7.33. The number of rotatable bonds is 2. The maximum atomic E-state index is 6.47. The van der Waals surface area contributed by atoms with Crippen molar-refractivity contribution in [3.05, 3.63) is 60.2 Å². The minimum absolute atomic E-state index is 0.332. The molecule has 0 bridgehead atoms. The Morgan fingerprint density at radius 3 is 2.32 bits per heavy atom. The van der Waals surface area contributed by atoms with Crippen molar-refractivity contribution in [1.29, 1.82) is 0 Å². The monoisotopic (exact) mass is 256 g/mol. The van der Waals surface area contributed by atoms with Crippen molar-refractivity contribution >= 4 is 0 Å². The Kier molecular flexibility index (Phi) is 3.51. The van der Waals surface area contributed by atoms with Crippen LogP contribution in [-0.2, 0) is 4.74 Å². The van der Waals surface area contributed by atoms with Gasteiger partial charge in [0.2, 0.25) is 0 Å². The first kappa shape index (κ1) is 12.6. The summed E-state index contributed by atoms with van der Waals surface area (Å²) < 4.78 is 5.38. The van der Waals surface area contributed by atoms with Crippen LogP contribution in [0.1, 0.15) is 11.5 Å². The summed E-state index contributed by atoms with van der Waals surface area (Å²) in [5.74, 6) is 0.332. The molecule has 1 aromatic carbocycles. The minimum atomic E-state index is -0.449. The van der Waals surface area contributed by atoms with Crippen LogP contribution < -0.4 is 5.73 Å². The number of nitrogens with zero attached hydrogens (tertiary/aromatic N) is 1. The highest BCUT2D eigenvalue weighted by molar-refractivity contribution is 5.35. The Bertz CT molecular complexity index is 461. The number of hydrogen-bond acceptors (Lipinski definition) is 3. The summed E-state index contributed by atoms with van der Waals surface area (Å²) in [6.45, 7) is 3.31. The van der Waals surface area contributed by atoms with Gasteiger partial charge in [0.05, 0.1) is 13.2 Å². The van der Waals surface area contributed by atoms with E-state index in [9.17, 15) is 0 Å². The molecule has 0 saturated carbocycles. The number of hydrogen-bond donors (Lipinski definition) is 1. The highest BCUT2D eigenvalue weighted by atomic mass is 16.5. The fraction of sp³-hybridized carbons (Fsp3) is 0.375. The first-order valence-corrected chi connectivity index (χ1v) is 6.83. The van der Waals surface area contributed by atoms with E-state index in [2.05, 4.69) is 53.5 Å². The number of nitrogens with two attached hydrogens (primary N) is 1. The van der Waals surface area contributed by atoms with E-state index < -0.39 is 5.66 Å². The molecule has 3 rings (SSSR count). The molecular formula is C16H20N2O. The molecule has 1 saturated heterocycles. The molecule has 2 N–H and O–H groups in total. The van der Waals surface area contributed by atoms with E-state index in [1.165, 1.54) is 5.56 Å². The molecule has 19 heavy (non-hydrogen) atoms. The SMILES string of the molecule is NC1(N2CCOCC2)C=CC(c2ccccc2)C=C1. The lowest BCUT2D eigenvalue weighted by molar-refractivity contribution is 0.00876. The molecule has 0 atom stereocenters. The van der Waals surface area contributed by atoms with E-state index in [1.807, 2.05) is 6.07 Å². The Morgan fingerprint density at radius 1 is 1.05 bits per heavy atom. The molecule has 3 heteroatoms. The quantitative estimate of drug-likeness (QED) is 0.821. The van der Waals surface area contributed by atoms with Crippen molar-refractivity contribution in [2.24, 2.45) is 5.73 Å². The topological polar surface area (TPSA) is 38.5 Å². The number of benzene rings is 1. The van der Waals surface area contributed by atoms with Gasteiger partial charge in [-0.15, -0.1) is 0 Å². The molecule has 0 spiro atoms. The fourth-order valence-electron chi connectivity index (χ4n) is 2.69. The van der Waals surface area contributed by atoms with Gasteiger partial charge >= 0.3 is 0 Å². The van der Waals surface area contributed by atoms with E-state index in [1.54, 1.807) is 0 Å². The zero-order valence-corrected chi connectivity index (χ0v) is 11.0. The van der Waals surface area contributed by atoms with Crippen LogP contribution in [0.15, 0.2) is 54.6 Å². The Hall–Kier alpha value is -1.42. The van der Waals surface area contributed by atoms with Crippen LogP contribution in [0.5, 0.6) is 0 Å². The maximum Gasteiger partial charge on any atom is 0.107 e. The molecule has 1 aliphatic carbocycles. The number of morpholine rings is 1. The minimum Gasteiger partial charge on any atom is -0.379 e. The summed E-state index contributed by atoms with van der Waals surface area (Å²) in [4.78, 5) is 2.27. The molecular weight excluding hydrogens is 236 g/mol. The third-order valence-electron chi connectivity index (χ3n) is 3.88. The summed E-state index contributed by atoms with van der Waals surface area (Å²) in [6.07, 6.45) is 8.64. The summed E-state index contributed by atoms with van der Waals surface area (Å²) >= 11 is 0. The van der Waals surface area contributed by atoms with Crippen LogP contribution in [0.2, 0.25) is 0 Å². The van der Waals surface area contributed by atoms with Crippen LogP contribution in [0, 0.1) is 0 Å². The standard InChI is InChI=1S/C16H20N2O/c17-16(18-10-12-19-13-11-18)8-6-15(7-9-16)14-4-2-1-3-5-14/h1-9,15H,10-13,17H2. The summed E-state index contributed by atoms with van der Waals surface area (Å²) in [5, 5.41) is 0. The van der Waals surface area contributed by atoms with Gasteiger partial charge < -0.3 is 10.5 Å². The maximum absolute atomic E-state index is 6.47. The van der Waals surface area contributed by atoms with Crippen molar-refractivity contribution in [2.45, 2.75) is 11.6 Å². The van der Waals surface area contributed by atoms with Gasteiger partial charge in [0.25, 0.3) is 0 Å². The molecule has 100 valence electrons. The molecule has 0 amide bonds. The zero-order chi connectivity index (χ0) is 13.1. The van der Waals surface area contributed by atoms with E-state index in [0.29, 0.717) is 5.92 Å². The van der Waals surface area contributed by atoms with Gasteiger partial charge in [-0.2, -0.15) is 0 Å². The first-order valence-electron chi connectivity index (χ1n) is 6.83. The van der Waals surface area contributed by atoms with Gasteiger partial charge in [0.15, 0.2) is 0 Å². The molecule has 3 nitrogen and oxygen atoms in total. The lowest BCUT2D eigenvalue weighted by atomic mass is 9.90. The van der Waals surface area contributed by atoms with E-state index in [4.69, 9.17) is 10.5 Å². The summed E-state index contributed by atoms with van der Waals surface area (Å²) in [6, 6.07) is 10.5. The predicted octanol–water partition coefficient (Wildman–Crippen LogP) is 1.88. The molecule has 0 aromatic heterocycles. The third kappa shape index (κ3) is 2.63. The second-order valence-electron chi connectivity index (χ2n) is 5.14. The van der Waals surface area contributed by atoms with Crippen molar-refractivity contribution in [3.63, 3.8) is 0 Å². The van der Waals surface area contributed by atoms with Gasteiger partial charge in [0.1, 0.15) is 5.66 Å². The van der Waals surface area contributed by atoms with Gasteiger partial charge in [-0.1, -0.05) is 42.5 Å². The van der Waals surface area contributed by atoms with E-state index in [-0.39, 0.29) is 0 Å². The van der Waals surface area contributed by atoms with Crippen molar-refractivity contribution in [1.82, 2.24) is 4.90 Å². The van der Waals surface area contributed by atoms with Crippen LogP contribution in [0.25, 0.3) is 0 Å². The largest absolute Gasteiger partial charge is 0.379 e. The van der Waals surface area contributed by atoms with E-state index >= 15 is 0 Å². The Morgan fingerprint density at radius 2 is 1.68 bits per heavy atom. The normalized spacial score (nSPS) is 31.5. The van der Waals surface area contributed by atoms with Crippen LogP contribution in [-0.4, -0.2) is 36.9 Å². The van der Waals surface area contributed by atoms with Crippen LogP contribution in [0.3, 0.4) is 0 Å². The lowest BCUT2D eigenvalue weighted by Gasteiger charge is -2.40. The number of allylic oxidation sites excluding steroid dienone is 2. The molecule has 2 aliphatic rings. The average molecular weight is 256 g/mol. The number of ether oxygens (including phenoxy) is 1. The molecule has 1 heterocycles. The molecule has 1 aromatic rings. The highest BCUT2D eigenvalue weighted by Gasteiger charge is 2.30. The second-order valence-corrected chi connectivity index (χ2v) is 5.14.